The van der Waals surface area contributed by atoms with Crippen LogP contribution in [0.3, 0.4) is 0 Å². The fourth-order valence-corrected chi connectivity index (χ4v) is 4.44. The van der Waals surface area contributed by atoms with Crippen molar-refractivity contribution in [1.82, 2.24) is 4.57 Å². The lowest BCUT2D eigenvalue weighted by Gasteiger charge is -2.33. The summed E-state index contributed by atoms with van der Waals surface area (Å²) in [6.07, 6.45) is 3.94. The number of nitrogens with one attached hydrogen (secondary N) is 1. The van der Waals surface area contributed by atoms with Crippen molar-refractivity contribution in [3.05, 3.63) is 52.8 Å². The Balaban J connectivity index is 0.00000137. The van der Waals surface area contributed by atoms with Crippen molar-refractivity contribution in [2.75, 3.05) is 5.32 Å². The van der Waals surface area contributed by atoms with Crippen LogP contribution in [0.5, 0.6) is 0 Å². The van der Waals surface area contributed by atoms with Crippen molar-refractivity contribution in [2.24, 2.45) is 5.73 Å². The highest BCUT2D eigenvalue weighted by Gasteiger charge is 2.30. The highest BCUT2D eigenvalue weighted by atomic mass is 31.0. The largest absolute Gasteiger partial charge is 0.345 e. The molecule has 3 rings (SSSR count). The molecule has 1 unspecified atom stereocenters. The molecule has 0 radical (unpaired) electrons. The number of anilines is 1. The highest BCUT2D eigenvalue weighted by molar-refractivity contribution is 7.17. The van der Waals surface area contributed by atoms with Gasteiger partial charge in [0.25, 0.3) is 11.6 Å². The molecule has 1 heterocycles. The molecule has 34 heavy (non-hydrogen) atoms. The Morgan fingerprint density at radius 3 is 2.12 bits per heavy atom. The third-order valence-corrected chi connectivity index (χ3v) is 6.25. The van der Waals surface area contributed by atoms with E-state index in [9.17, 15) is 13.6 Å². The van der Waals surface area contributed by atoms with Crippen molar-refractivity contribution >= 4 is 20.8 Å². The summed E-state index contributed by atoms with van der Waals surface area (Å²) in [5.41, 5.74) is 5.71. The molecule has 0 aliphatic heterocycles. The Labute approximate surface area is 207 Å². The molecule has 1 saturated carbocycles. The number of carbonyl (C=O) groups is 1. The molecule has 0 spiro atoms. The third kappa shape index (κ3) is 7.61. The van der Waals surface area contributed by atoms with Gasteiger partial charge in [0.05, 0.1) is 5.56 Å². The second-order valence-corrected chi connectivity index (χ2v) is 10.1. The number of amides is 1. The summed E-state index contributed by atoms with van der Waals surface area (Å²) in [6, 6.07) is 8.32. The summed E-state index contributed by atoms with van der Waals surface area (Å²) < 4.78 is 29.5. The van der Waals surface area contributed by atoms with Gasteiger partial charge in [-0.3, -0.25) is 4.79 Å². The van der Waals surface area contributed by atoms with E-state index >= 15 is 0 Å². The lowest BCUT2D eigenvalue weighted by atomic mass is 9.88. The van der Waals surface area contributed by atoms with Crippen LogP contribution in [0, 0.1) is 6.92 Å². The maximum Gasteiger partial charge on any atom is 0.283 e. The van der Waals surface area contributed by atoms with Gasteiger partial charge in [0.15, 0.2) is 0 Å². The molecule has 1 amide bonds. The van der Waals surface area contributed by atoms with Crippen LogP contribution in [-0.2, 0) is 11.1 Å². The summed E-state index contributed by atoms with van der Waals surface area (Å²) in [7, 11) is 1.53. The maximum absolute atomic E-state index is 13.6. The summed E-state index contributed by atoms with van der Waals surface area (Å²) in [5.74, 6) is -0.284. The monoisotopic (exact) mass is 495 g/mol. The van der Waals surface area contributed by atoms with Crippen molar-refractivity contribution in [3.8, 4) is 0 Å². The Morgan fingerprint density at radius 2 is 1.62 bits per heavy atom. The molecule has 1 aliphatic carbocycles. The predicted octanol–water partition coefficient (Wildman–Crippen LogP) is 7.77. The molecule has 3 N–H and O–H groups in total. The molecule has 1 atom stereocenters. The van der Waals surface area contributed by atoms with Gasteiger partial charge < -0.3 is 15.6 Å². The first kappa shape index (κ1) is 30.3. The zero-order valence-electron chi connectivity index (χ0n) is 22.1. The van der Waals surface area contributed by atoms with E-state index in [-0.39, 0.29) is 22.9 Å². The van der Waals surface area contributed by atoms with E-state index in [1.54, 1.807) is 6.07 Å². The first-order chi connectivity index (χ1) is 15.9. The van der Waals surface area contributed by atoms with Crippen molar-refractivity contribution in [3.63, 3.8) is 0 Å². The summed E-state index contributed by atoms with van der Waals surface area (Å²) in [4.78, 5) is 13.1. The Hall–Kier alpha value is -1.78. The van der Waals surface area contributed by atoms with Crippen LogP contribution in [0.25, 0.3) is 0 Å². The number of halogens is 2. The van der Waals surface area contributed by atoms with Crippen molar-refractivity contribution < 1.29 is 13.6 Å². The van der Waals surface area contributed by atoms with Gasteiger partial charge in [0.1, 0.15) is 0 Å². The van der Waals surface area contributed by atoms with Gasteiger partial charge in [-0.2, -0.15) is 8.78 Å². The van der Waals surface area contributed by atoms with Crippen LogP contribution >= 0.6 is 9.24 Å². The standard InChI is InChI=1S/C23H32F2N3OP.2C2H6/c1-14-19(21(29)27-17-7-5-6-15(12-17)23(24,25)30)13-20(22(2,3)4)28(14)18-10-8-16(26)9-11-18;2*1-2/h5-7,12-13,16,18H,8-11,26,30H2,1-4H3,(H,27,29);2*1-2H3. The molecular formula is C27H44F2N3OP. The topological polar surface area (TPSA) is 60.0 Å². The summed E-state index contributed by atoms with van der Waals surface area (Å²) >= 11 is 0. The lowest BCUT2D eigenvalue weighted by Crippen LogP contribution is -2.30. The number of hydrogen-bond acceptors (Lipinski definition) is 2. The Bertz CT molecular complexity index is 921. The number of rotatable bonds is 4. The molecule has 2 aromatic rings. The van der Waals surface area contributed by atoms with Crippen LogP contribution in [0.15, 0.2) is 30.3 Å². The molecule has 7 heteroatoms. The number of nitrogens with zero attached hydrogens (tertiary/aromatic N) is 1. The number of nitrogens with two attached hydrogens (primary N) is 1. The second kappa shape index (κ2) is 12.8. The van der Waals surface area contributed by atoms with Gasteiger partial charge >= 0.3 is 0 Å². The molecule has 0 bridgehead atoms. The van der Waals surface area contributed by atoms with E-state index in [0.29, 0.717) is 17.3 Å². The van der Waals surface area contributed by atoms with Crippen molar-refractivity contribution in [2.45, 2.75) is 104 Å². The second-order valence-electron chi connectivity index (χ2n) is 9.38. The van der Waals surface area contributed by atoms with Crippen LogP contribution in [0.4, 0.5) is 14.5 Å². The van der Waals surface area contributed by atoms with Gasteiger partial charge in [0, 0.05) is 40.1 Å². The van der Waals surface area contributed by atoms with Gasteiger partial charge in [-0.05, 0) is 50.8 Å². The van der Waals surface area contributed by atoms with Crippen LogP contribution in [0.2, 0.25) is 0 Å². The van der Waals surface area contributed by atoms with E-state index < -0.39 is 5.66 Å². The minimum Gasteiger partial charge on any atom is -0.345 e. The summed E-state index contributed by atoms with van der Waals surface area (Å²) in [5, 5.41) is 2.80. The predicted molar refractivity (Wildman–Crippen MR) is 144 cm³/mol. The summed E-state index contributed by atoms with van der Waals surface area (Å²) in [6.45, 7) is 16.4. The van der Waals surface area contributed by atoms with E-state index in [2.05, 4.69) is 30.7 Å². The fraction of sp³-hybridized carbons (Fsp3) is 0.593. The minimum absolute atomic E-state index is 0.135. The minimum atomic E-state index is -3.04. The van der Waals surface area contributed by atoms with Crippen LogP contribution < -0.4 is 11.1 Å². The number of aromatic nitrogens is 1. The number of alkyl halides is 2. The highest BCUT2D eigenvalue weighted by Crippen LogP contribution is 2.38. The molecule has 1 aliphatic rings. The van der Waals surface area contributed by atoms with Crippen LogP contribution in [0.1, 0.15) is 108 Å². The smallest absolute Gasteiger partial charge is 0.283 e. The molecule has 1 fully saturated rings. The third-order valence-electron chi connectivity index (χ3n) is 5.92. The van der Waals surface area contributed by atoms with Gasteiger partial charge in [-0.15, -0.1) is 0 Å². The Kier molecular flexibility index (Phi) is 11.4. The number of hydrogen-bond donors (Lipinski definition) is 2. The molecular weight excluding hydrogens is 451 g/mol. The zero-order valence-corrected chi connectivity index (χ0v) is 23.3. The van der Waals surface area contributed by atoms with E-state index in [1.165, 1.54) is 27.4 Å². The fourth-order valence-electron chi connectivity index (χ4n) is 4.26. The molecule has 1 aromatic carbocycles. The number of carbonyl (C=O) groups excluding carboxylic acids is 1. The first-order valence-electron chi connectivity index (χ1n) is 12.4. The normalized spacial score (nSPS) is 18.2. The molecule has 0 saturated heterocycles. The number of benzene rings is 1. The van der Waals surface area contributed by atoms with E-state index in [0.717, 1.165) is 37.1 Å². The van der Waals surface area contributed by atoms with Gasteiger partial charge in [-0.1, -0.05) is 69.8 Å². The average molecular weight is 496 g/mol. The SMILES string of the molecule is CC.CC.Cc1c(C(=O)Nc2cccc(C(F)(F)P)c2)cc(C(C)(C)C)n1C1CCC(N)CC1. The molecule has 192 valence electrons. The van der Waals surface area contributed by atoms with E-state index in [1.807, 2.05) is 40.7 Å². The zero-order chi connectivity index (χ0) is 26.3. The molecule has 1 aromatic heterocycles. The first-order valence-corrected chi connectivity index (χ1v) is 13.0. The quantitative estimate of drug-likeness (QED) is 0.426. The van der Waals surface area contributed by atoms with E-state index in [4.69, 9.17) is 5.73 Å². The van der Waals surface area contributed by atoms with Crippen LogP contribution in [-0.4, -0.2) is 16.5 Å². The van der Waals surface area contributed by atoms with Crippen molar-refractivity contribution in [1.29, 1.82) is 0 Å². The van der Waals surface area contributed by atoms with Gasteiger partial charge in [-0.25, -0.2) is 0 Å². The average Bonchev–Trinajstić information content (AvgIpc) is 3.14. The molecule has 4 nitrogen and oxygen atoms in total. The maximum atomic E-state index is 13.6. The lowest BCUT2D eigenvalue weighted by molar-refractivity contribution is 0.101. The van der Waals surface area contributed by atoms with Gasteiger partial charge in [0.2, 0.25) is 0 Å². The Morgan fingerprint density at radius 1 is 1.06 bits per heavy atom.